The second-order valence-electron chi connectivity index (χ2n) is 0.708. The van der Waals surface area contributed by atoms with Gasteiger partial charge in [0.15, 0.2) is 5.88 Å². The van der Waals surface area contributed by atoms with Gasteiger partial charge in [-0.1, -0.05) is 11.8 Å². The molecule has 0 aromatic carbocycles. The van der Waals surface area contributed by atoms with Crippen molar-refractivity contribution in [3.63, 3.8) is 0 Å². The van der Waals surface area contributed by atoms with Gasteiger partial charge in [0, 0.05) is 0 Å². The van der Waals surface area contributed by atoms with Gasteiger partial charge >= 0.3 is 0 Å². The minimum absolute atomic E-state index is 1.36. The monoisotopic (exact) mass is 98.0 g/mol. The van der Waals surface area contributed by atoms with E-state index in [1.165, 1.54) is 18.1 Å². The molecule has 0 aromatic rings. The van der Waals surface area contributed by atoms with Crippen LogP contribution in [0.5, 0.6) is 0 Å². The van der Waals surface area contributed by atoms with Gasteiger partial charge in [0.05, 0.1) is 5.55 Å². The lowest BCUT2D eigenvalue weighted by Crippen LogP contribution is -1.73. The minimum atomic E-state index is 1.36. The molecule has 0 N–H and O–H groups in total. The zero-order valence-electron chi connectivity index (χ0n) is 2.96. The number of hydrogen-bond donors (Lipinski definition) is 0. The molecule has 1 aliphatic heterocycles. The van der Waals surface area contributed by atoms with Crippen LogP contribution in [0, 0.1) is 5.88 Å². The fourth-order valence-corrected chi connectivity index (χ4v) is 0.439. The first-order valence-corrected chi connectivity index (χ1v) is 2.32. The molecule has 6 heavy (non-hydrogen) atoms. The van der Waals surface area contributed by atoms with Crippen molar-refractivity contribution in [2.45, 2.75) is 0 Å². The van der Waals surface area contributed by atoms with Crippen LogP contribution < -0.4 is 0 Å². The van der Waals surface area contributed by atoms with Crippen LogP contribution in [0.4, 0.5) is 0 Å². The Morgan fingerprint density at radius 2 is 2.67 bits per heavy atom. The summed E-state index contributed by atoms with van der Waals surface area (Å²) in [5.41, 5.74) is 1.67. The molecule has 0 saturated carbocycles. The van der Waals surface area contributed by atoms with E-state index in [1.54, 1.807) is 5.55 Å². The number of aliphatic imine (C=N–C) groups is 2. The minimum Gasteiger partial charge on any atom is -0.248 e. The Morgan fingerprint density at radius 3 is 2.83 bits per heavy atom. The molecule has 1 rings (SSSR count). The predicted molar refractivity (Wildman–Crippen MR) is 27.8 cm³/mol. The molecule has 1 aliphatic rings. The highest BCUT2D eigenvalue weighted by Crippen LogP contribution is 2.02. The topological polar surface area (TPSA) is 24.7 Å². The summed E-state index contributed by atoms with van der Waals surface area (Å²) >= 11 is 1.36. The van der Waals surface area contributed by atoms with Crippen molar-refractivity contribution in [3.8, 4) is 0 Å². The lowest BCUT2D eigenvalue weighted by atomic mass is 11.2. The van der Waals surface area contributed by atoms with Crippen molar-refractivity contribution >= 4 is 23.6 Å². The summed E-state index contributed by atoms with van der Waals surface area (Å²) in [6.07, 6.45) is 1.45. The van der Waals surface area contributed by atoms with Gasteiger partial charge in [-0.15, -0.1) is 0 Å². The van der Waals surface area contributed by atoms with Crippen molar-refractivity contribution in [3.05, 3.63) is 5.88 Å². The van der Waals surface area contributed by atoms with E-state index in [2.05, 4.69) is 15.9 Å². The van der Waals surface area contributed by atoms with Crippen LogP contribution in [-0.4, -0.2) is 11.9 Å². The van der Waals surface area contributed by atoms with Crippen LogP contribution in [0.15, 0.2) is 9.98 Å². The van der Waals surface area contributed by atoms with E-state index in [0.717, 1.165) is 0 Å². The molecule has 0 saturated heterocycles. The molecule has 1 heterocycles. The third-order valence-corrected chi connectivity index (χ3v) is 0.781. The fourth-order valence-electron chi connectivity index (χ4n) is 0.169. The van der Waals surface area contributed by atoms with Crippen LogP contribution in [0.1, 0.15) is 0 Å². The third-order valence-electron chi connectivity index (χ3n) is 0.343. The molecule has 0 atom stereocenters. The number of thioether (sulfide) groups is 1. The van der Waals surface area contributed by atoms with Crippen LogP contribution >= 0.6 is 11.8 Å². The van der Waals surface area contributed by atoms with Gasteiger partial charge in [-0.2, -0.15) is 0 Å². The Bertz CT molecular complexity index is 74.8. The molecular formula is C3H2N2S. The van der Waals surface area contributed by atoms with Gasteiger partial charge in [-0.3, -0.25) is 0 Å². The van der Waals surface area contributed by atoms with Gasteiger partial charge < -0.3 is 0 Å². The molecule has 0 aliphatic carbocycles. The van der Waals surface area contributed by atoms with Crippen molar-refractivity contribution < 1.29 is 0 Å². The average Bonchev–Trinajstić information content (AvgIpc) is 1.72. The molecule has 0 bridgehead atoms. The summed E-state index contributed by atoms with van der Waals surface area (Å²) in [5.74, 6) is 2.62. The second kappa shape index (κ2) is 1.97. The van der Waals surface area contributed by atoms with E-state index in [1.807, 2.05) is 0 Å². The summed E-state index contributed by atoms with van der Waals surface area (Å²) in [4.78, 5) is 7.23. The van der Waals surface area contributed by atoms with E-state index >= 15 is 0 Å². The molecular weight excluding hydrogens is 96.1 g/mol. The summed E-state index contributed by atoms with van der Waals surface area (Å²) in [6, 6.07) is 0. The summed E-state index contributed by atoms with van der Waals surface area (Å²) in [5, 5.41) is 0. The molecule has 0 fully saturated rings. The van der Waals surface area contributed by atoms with Gasteiger partial charge in [0.2, 0.25) is 0 Å². The van der Waals surface area contributed by atoms with E-state index in [-0.39, 0.29) is 0 Å². The molecule has 0 unspecified atom stereocenters. The quantitative estimate of drug-likeness (QED) is 0.439. The first kappa shape index (κ1) is 3.87. The molecule has 0 aromatic heterocycles. The van der Waals surface area contributed by atoms with Gasteiger partial charge in [-0.25, -0.2) is 9.98 Å². The fraction of sp³-hybridized carbons (Fsp3) is 0. The maximum Gasteiger partial charge on any atom is 0.189 e. The second-order valence-corrected chi connectivity index (χ2v) is 1.34. The molecule has 30 valence electrons. The van der Waals surface area contributed by atoms with Crippen LogP contribution in [-0.2, 0) is 0 Å². The van der Waals surface area contributed by atoms with Crippen molar-refractivity contribution in [1.29, 1.82) is 0 Å². The largest absolute Gasteiger partial charge is 0.248 e. The van der Waals surface area contributed by atoms with Crippen LogP contribution in [0.3, 0.4) is 0 Å². The van der Waals surface area contributed by atoms with E-state index in [9.17, 15) is 0 Å². The summed E-state index contributed by atoms with van der Waals surface area (Å²) < 4.78 is 0. The maximum absolute atomic E-state index is 3.66. The number of rotatable bonds is 0. The molecule has 3 heteroatoms. The zero-order chi connectivity index (χ0) is 4.24. The summed E-state index contributed by atoms with van der Waals surface area (Å²) in [7, 11) is 0. The van der Waals surface area contributed by atoms with Gasteiger partial charge in [-0.05, 0) is 0 Å². The number of hydrogen-bond acceptors (Lipinski definition) is 3. The average molecular weight is 98.1 g/mol. The van der Waals surface area contributed by atoms with Gasteiger partial charge in [0.1, 0.15) is 6.34 Å². The first-order chi connectivity index (χ1) is 3.00. The maximum atomic E-state index is 3.66. The molecule has 0 spiro atoms. The summed E-state index contributed by atoms with van der Waals surface area (Å²) in [6.45, 7) is 0. The van der Waals surface area contributed by atoms with E-state index in [0.29, 0.717) is 0 Å². The lowest BCUT2D eigenvalue weighted by molar-refractivity contribution is 1.53. The Hall–Kier alpha value is -0.310. The lowest BCUT2D eigenvalue weighted by Gasteiger charge is -1.85. The Kier molecular flexibility index (Phi) is 1.27. The Morgan fingerprint density at radius 1 is 1.67 bits per heavy atom. The highest BCUT2D eigenvalue weighted by molar-refractivity contribution is 8.13. The smallest absolute Gasteiger partial charge is 0.189 e. The zero-order valence-corrected chi connectivity index (χ0v) is 3.77. The standard InChI is InChI=1S/C3H2N2S/c1-4-2-6-3-5-1/h1-2H. The van der Waals surface area contributed by atoms with Gasteiger partial charge in [0.25, 0.3) is 0 Å². The Balaban J connectivity index is 2.46. The molecule has 0 amide bonds. The SMILES string of the molecule is [C]1N=CN=CS1. The molecule has 2 nitrogen and oxygen atoms in total. The third kappa shape index (κ3) is 0.825. The van der Waals surface area contributed by atoms with Crippen molar-refractivity contribution in [2.24, 2.45) is 9.98 Å². The van der Waals surface area contributed by atoms with Crippen LogP contribution in [0.2, 0.25) is 0 Å². The van der Waals surface area contributed by atoms with Crippen molar-refractivity contribution in [2.75, 3.05) is 0 Å². The molecule has 2 radical (unpaired) electrons. The van der Waals surface area contributed by atoms with E-state index in [4.69, 9.17) is 0 Å². The highest BCUT2D eigenvalue weighted by Gasteiger charge is 1.82. The normalized spacial score (nSPS) is 18.7. The van der Waals surface area contributed by atoms with Crippen LogP contribution in [0.25, 0.3) is 0 Å². The predicted octanol–water partition coefficient (Wildman–Crippen LogP) is 0.786. The Labute approximate surface area is 40.4 Å². The highest BCUT2D eigenvalue weighted by atomic mass is 32.2. The van der Waals surface area contributed by atoms with Crippen molar-refractivity contribution in [1.82, 2.24) is 0 Å². The van der Waals surface area contributed by atoms with E-state index < -0.39 is 0 Å². The number of nitrogens with zero attached hydrogens (tertiary/aromatic N) is 2. The first-order valence-electron chi connectivity index (χ1n) is 1.44.